The van der Waals surface area contributed by atoms with Gasteiger partial charge >= 0.3 is 0 Å². The van der Waals surface area contributed by atoms with Gasteiger partial charge in [0.05, 0.1) is 38.7 Å². The fourth-order valence-electron chi connectivity index (χ4n) is 9.43. The third-order valence-electron chi connectivity index (χ3n) is 13.3. The van der Waals surface area contributed by atoms with Crippen molar-refractivity contribution < 1.29 is 49.0 Å². The van der Waals surface area contributed by atoms with Gasteiger partial charge in [-0.2, -0.15) is 0 Å². The van der Waals surface area contributed by atoms with Crippen LogP contribution in [0.25, 0.3) is 88.9 Å². The van der Waals surface area contributed by atoms with Gasteiger partial charge in [-0.25, -0.2) is 0 Å². The molecule has 4 aromatic carbocycles. The molecule has 8 nitrogen and oxygen atoms in total. The van der Waals surface area contributed by atoms with Crippen LogP contribution in [-0.4, -0.2) is 46.1 Å². The first kappa shape index (κ1) is 60.7. The summed E-state index contributed by atoms with van der Waals surface area (Å²) in [6.07, 6.45) is 8.79. The van der Waals surface area contributed by atoms with Gasteiger partial charge in [0.25, 0.3) is 0 Å². The molecule has 0 aliphatic carbocycles. The number of hydrogen-bond donors (Lipinski definition) is 0. The van der Waals surface area contributed by atoms with Gasteiger partial charge in [-0.05, 0) is 97.4 Å². The summed E-state index contributed by atoms with van der Waals surface area (Å²) in [6.45, 7) is 26.7. The first-order valence-corrected chi connectivity index (χ1v) is 33.6. The van der Waals surface area contributed by atoms with Gasteiger partial charge in [0.15, 0.2) is 0 Å². The second-order valence-corrected chi connectivity index (χ2v) is 32.3. The molecule has 0 fully saturated rings. The largest absolute Gasteiger partial charge is 0.499 e. The summed E-state index contributed by atoms with van der Waals surface area (Å²) < 4.78 is 12.0. The number of fused-ring (bicyclic) bond motifs is 6. The summed E-state index contributed by atoms with van der Waals surface area (Å²) in [5.74, 6) is 0.614. The third-order valence-corrected chi connectivity index (χ3v) is 17.4. The Kier molecular flexibility index (Phi) is 20.2. The van der Waals surface area contributed by atoms with Crippen LogP contribution >= 0.6 is 0 Å². The predicted octanol–water partition coefficient (Wildman–Crippen LogP) is 16.3. The SMILES string of the molecule is Cc1cc2c(oc3c[c-]c(-c4cc(CC(C)C)c([Si](C)(C)C)cn4)cc32)c(C)n1.Cc1cc2c(oc3c[c-]c(-c4ccc([Si](C)(C)C)cn4)cc32)c(C)n1.[Ir].[Ir].[c-]1ccccc1-c1ccccn1.[c-]1ccccc1-c1ccccn1. The zero-order chi connectivity index (χ0) is 55.1. The second kappa shape index (κ2) is 26.6. The number of benzene rings is 4. The zero-order valence-corrected chi connectivity index (χ0v) is 54.3. The van der Waals surface area contributed by atoms with Crippen molar-refractivity contribution in [1.29, 1.82) is 0 Å². The van der Waals surface area contributed by atoms with Crippen molar-refractivity contribution >= 4 is 70.4 Å². The van der Waals surface area contributed by atoms with E-state index in [0.717, 1.165) is 118 Å². The van der Waals surface area contributed by atoms with Gasteiger partial charge in [-0.3, -0.25) is 9.97 Å². The molecule has 0 amide bonds. The Hall–Kier alpha value is -6.89. The summed E-state index contributed by atoms with van der Waals surface area (Å²) in [4.78, 5) is 27.0. The van der Waals surface area contributed by atoms with Crippen molar-refractivity contribution in [3.05, 3.63) is 217 Å². The number of aryl methyl sites for hydroxylation is 4. The molecule has 12 aromatic rings. The molecule has 0 N–H and O–H groups in total. The van der Waals surface area contributed by atoms with E-state index in [9.17, 15) is 0 Å². The van der Waals surface area contributed by atoms with Crippen molar-refractivity contribution in [1.82, 2.24) is 29.9 Å². The van der Waals surface area contributed by atoms with E-state index in [2.05, 4.69) is 151 Å². The van der Waals surface area contributed by atoms with Crippen LogP contribution in [0.2, 0.25) is 39.3 Å². The molecule has 0 aliphatic heterocycles. The third kappa shape index (κ3) is 14.7. The van der Waals surface area contributed by atoms with Crippen LogP contribution in [0.4, 0.5) is 0 Å². The Morgan fingerprint density at radius 2 is 0.938 bits per heavy atom. The van der Waals surface area contributed by atoms with Gasteiger partial charge in [-0.1, -0.05) is 112 Å². The normalized spacial score (nSPS) is 11.2. The maximum absolute atomic E-state index is 6.06. The topological polar surface area (TPSA) is 104 Å². The molecule has 8 heterocycles. The van der Waals surface area contributed by atoms with Crippen LogP contribution in [0.15, 0.2) is 173 Å². The van der Waals surface area contributed by atoms with Crippen LogP contribution in [0.1, 0.15) is 42.2 Å². The van der Waals surface area contributed by atoms with Gasteiger partial charge in [0.1, 0.15) is 11.2 Å². The minimum atomic E-state index is -1.45. The molecule has 0 saturated heterocycles. The Bertz CT molecular complexity index is 3820. The van der Waals surface area contributed by atoms with E-state index in [1.165, 1.54) is 15.9 Å². The van der Waals surface area contributed by atoms with E-state index in [0.29, 0.717) is 5.92 Å². The standard InChI is InChI=1S/C25H29N2OSi.C21H21N2OSi.2C11H8N.2Ir/c1-15(2)10-19-13-22(26-14-24(19)29(5,6)7)18-8-9-23-20(12-18)21-11-16(3)27-17(4)25(21)28-23;1-13-10-18-17-11-15(6-9-20(17)24-21(18)14(2)23-13)19-8-7-16(12-22-19)25(3,4)5;2*1-2-6-10(7-3-1)11-8-4-5-9-12-11;;/h9,11-15H,10H2,1-7H3;7-12H,1-5H3;2*1-6,8-9H;;/q4*-1;;. The minimum absolute atomic E-state index is 0. The second-order valence-electron chi connectivity index (χ2n) is 22.1. The number of furan rings is 2. The summed E-state index contributed by atoms with van der Waals surface area (Å²) in [5.41, 5.74) is 16.6. The summed E-state index contributed by atoms with van der Waals surface area (Å²) in [6, 6.07) is 59.3. The average Bonchev–Trinajstić information content (AvgIpc) is 4.19. The van der Waals surface area contributed by atoms with Crippen LogP contribution in [0, 0.1) is 57.9 Å². The van der Waals surface area contributed by atoms with Crippen LogP contribution < -0.4 is 10.4 Å². The molecular formula is C68H66Ir2N6O2Si2-4. The molecule has 80 heavy (non-hydrogen) atoms. The van der Waals surface area contributed by atoms with Crippen molar-refractivity contribution in [2.24, 2.45) is 5.92 Å². The number of hydrogen-bond acceptors (Lipinski definition) is 8. The van der Waals surface area contributed by atoms with E-state index < -0.39 is 16.1 Å². The molecule has 0 aliphatic rings. The number of pyridine rings is 6. The molecule has 0 saturated carbocycles. The Morgan fingerprint density at radius 3 is 1.35 bits per heavy atom. The van der Waals surface area contributed by atoms with E-state index in [4.69, 9.17) is 13.8 Å². The van der Waals surface area contributed by atoms with E-state index >= 15 is 0 Å². The molecule has 0 spiro atoms. The van der Waals surface area contributed by atoms with Gasteiger partial charge in [0.2, 0.25) is 0 Å². The van der Waals surface area contributed by atoms with Crippen LogP contribution in [0.3, 0.4) is 0 Å². The van der Waals surface area contributed by atoms with Crippen LogP contribution in [0.5, 0.6) is 0 Å². The quantitative estimate of drug-likeness (QED) is 0.109. The number of aromatic nitrogens is 6. The molecule has 0 unspecified atom stereocenters. The minimum Gasteiger partial charge on any atom is -0.499 e. The zero-order valence-electron chi connectivity index (χ0n) is 47.5. The Morgan fingerprint density at radius 1 is 0.463 bits per heavy atom. The van der Waals surface area contributed by atoms with E-state index in [-0.39, 0.29) is 40.2 Å². The van der Waals surface area contributed by atoms with Crippen molar-refractivity contribution in [2.75, 3.05) is 0 Å². The fourth-order valence-corrected chi connectivity index (χ4v) is 12.1. The van der Waals surface area contributed by atoms with E-state index in [1.807, 2.05) is 131 Å². The van der Waals surface area contributed by atoms with Gasteiger partial charge in [-0.15, -0.1) is 119 Å². The van der Waals surface area contributed by atoms with E-state index in [1.54, 1.807) is 12.4 Å². The Labute approximate surface area is 500 Å². The fraction of sp³-hybridized carbons (Fsp3) is 0.206. The Balaban J connectivity index is 0.000000163. The van der Waals surface area contributed by atoms with Crippen molar-refractivity contribution in [2.45, 2.75) is 87.2 Å². The molecule has 12 rings (SSSR count). The molecular weight excluding hydrogens is 1370 g/mol. The average molecular weight is 1440 g/mol. The molecule has 8 aromatic heterocycles. The van der Waals surface area contributed by atoms with Gasteiger partial charge < -0.3 is 28.8 Å². The number of nitrogens with zero attached hydrogens (tertiary/aromatic N) is 6. The maximum atomic E-state index is 6.06. The summed E-state index contributed by atoms with van der Waals surface area (Å²) in [7, 11) is -2.78. The van der Waals surface area contributed by atoms with Crippen molar-refractivity contribution in [3.63, 3.8) is 0 Å². The van der Waals surface area contributed by atoms with Crippen molar-refractivity contribution in [3.8, 4) is 45.0 Å². The van der Waals surface area contributed by atoms with Gasteiger partial charge in [0, 0.05) is 87.2 Å². The monoisotopic (exact) mass is 1440 g/mol. The first-order valence-electron chi connectivity index (χ1n) is 26.6. The first-order chi connectivity index (χ1) is 37.4. The summed E-state index contributed by atoms with van der Waals surface area (Å²) in [5, 5.41) is 7.23. The smallest absolute Gasteiger partial charge is 0.142 e. The summed E-state index contributed by atoms with van der Waals surface area (Å²) >= 11 is 0. The molecule has 410 valence electrons. The predicted molar refractivity (Wildman–Crippen MR) is 328 cm³/mol. The molecule has 12 heteroatoms. The molecule has 0 bridgehead atoms. The number of rotatable bonds is 8. The maximum Gasteiger partial charge on any atom is 0.142 e. The van der Waals surface area contributed by atoms with Crippen LogP contribution in [-0.2, 0) is 46.6 Å². The molecule has 2 radical (unpaired) electrons. The molecule has 0 atom stereocenters.